The van der Waals surface area contributed by atoms with Crippen LogP contribution in [0.3, 0.4) is 0 Å². The zero-order chi connectivity index (χ0) is 12.3. The van der Waals surface area contributed by atoms with Crippen molar-refractivity contribution in [3.05, 3.63) is 50.6 Å². The summed E-state index contributed by atoms with van der Waals surface area (Å²) in [5, 5.41) is 3.20. The molecule has 0 radical (unpaired) electrons. The molecule has 90 valence electrons. The number of nitrogens with zero attached hydrogens (tertiary/aromatic N) is 1. The lowest BCUT2D eigenvalue weighted by atomic mass is 10.0. The van der Waals surface area contributed by atoms with Crippen molar-refractivity contribution >= 4 is 27.3 Å². The number of aromatic nitrogens is 1. The van der Waals surface area contributed by atoms with Gasteiger partial charge in [0.25, 0.3) is 0 Å². The van der Waals surface area contributed by atoms with Crippen LogP contribution < -0.4 is 5.32 Å². The largest absolute Gasteiger partial charge is 0.313 e. The summed E-state index contributed by atoms with van der Waals surface area (Å²) in [5.41, 5.74) is 2.75. The highest BCUT2D eigenvalue weighted by atomic mass is 79.9. The van der Waals surface area contributed by atoms with E-state index >= 15 is 0 Å². The van der Waals surface area contributed by atoms with Gasteiger partial charge < -0.3 is 5.32 Å². The van der Waals surface area contributed by atoms with E-state index in [4.69, 9.17) is 0 Å². The first-order valence-electron chi connectivity index (χ1n) is 5.19. The fraction of sp³-hybridized carbons (Fsp3) is 0.250. The average molecular weight is 315 g/mol. The van der Waals surface area contributed by atoms with Crippen LogP contribution in [0.2, 0.25) is 0 Å². The minimum Gasteiger partial charge on any atom is -0.313 e. The molecule has 2 aromatic rings. The number of thiazole rings is 1. The Balaban J connectivity index is 2.22. The summed E-state index contributed by atoms with van der Waals surface area (Å²) >= 11 is 4.92. The minimum atomic E-state index is -0.223. The molecule has 5 heteroatoms. The van der Waals surface area contributed by atoms with Gasteiger partial charge in [0, 0.05) is 28.0 Å². The maximum Gasteiger partial charge on any atom is 0.124 e. The van der Waals surface area contributed by atoms with Crippen LogP contribution >= 0.6 is 27.3 Å². The molecule has 0 amide bonds. The third kappa shape index (κ3) is 3.34. The molecule has 0 bridgehead atoms. The number of rotatable bonds is 4. The quantitative estimate of drug-likeness (QED) is 0.933. The van der Waals surface area contributed by atoms with Gasteiger partial charge in [0.2, 0.25) is 0 Å². The van der Waals surface area contributed by atoms with Gasteiger partial charge in [-0.25, -0.2) is 4.39 Å². The van der Waals surface area contributed by atoms with Crippen LogP contribution in [0.5, 0.6) is 0 Å². The summed E-state index contributed by atoms with van der Waals surface area (Å²) in [5.74, 6) is -0.223. The zero-order valence-electron chi connectivity index (χ0n) is 9.28. The molecule has 1 aromatic heterocycles. The second-order valence-electron chi connectivity index (χ2n) is 3.72. The number of hydrogen-bond acceptors (Lipinski definition) is 3. The first-order chi connectivity index (χ1) is 8.19. The second-order valence-corrected chi connectivity index (χ2v) is 5.60. The molecule has 0 spiro atoms. The van der Waals surface area contributed by atoms with E-state index in [-0.39, 0.29) is 11.9 Å². The molecule has 1 aromatic carbocycles. The van der Waals surface area contributed by atoms with Gasteiger partial charge in [-0.1, -0.05) is 15.9 Å². The third-order valence-corrected chi connectivity index (χ3v) is 3.78. The van der Waals surface area contributed by atoms with Gasteiger partial charge in [0.15, 0.2) is 0 Å². The molecule has 1 atom stereocenters. The molecule has 1 unspecified atom stereocenters. The predicted molar refractivity (Wildman–Crippen MR) is 71.7 cm³/mol. The Hall–Kier alpha value is -0.780. The number of halogens is 2. The Morgan fingerprint density at radius 1 is 1.47 bits per heavy atom. The molecule has 0 fully saturated rings. The molecule has 1 N–H and O–H groups in total. The Morgan fingerprint density at radius 3 is 2.88 bits per heavy atom. The van der Waals surface area contributed by atoms with Crippen LogP contribution in [0.25, 0.3) is 0 Å². The van der Waals surface area contributed by atoms with Gasteiger partial charge in [0.1, 0.15) is 5.82 Å². The van der Waals surface area contributed by atoms with Gasteiger partial charge in [-0.3, -0.25) is 4.98 Å². The molecule has 0 aliphatic rings. The van der Waals surface area contributed by atoms with E-state index in [1.807, 2.05) is 24.8 Å². The number of hydrogen-bond donors (Lipinski definition) is 1. The molecule has 0 aliphatic carbocycles. The van der Waals surface area contributed by atoms with E-state index in [9.17, 15) is 4.39 Å². The molecule has 2 rings (SSSR count). The van der Waals surface area contributed by atoms with E-state index in [0.717, 1.165) is 16.5 Å². The second kappa shape index (κ2) is 5.71. The highest BCUT2D eigenvalue weighted by Crippen LogP contribution is 2.24. The van der Waals surface area contributed by atoms with Crippen LogP contribution in [0, 0.1) is 5.82 Å². The lowest BCUT2D eigenvalue weighted by molar-refractivity contribution is 0.579. The summed E-state index contributed by atoms with van der Waals surface area (Å²) in [7, 11) is 1.88. The molecular formula is C12H12BrFN2S. The lowest BCUT2D eigenvalue weighted by Gasteiger charge is -2.16. The van der Waals surface area contributed by atoms with Crippen molar-refractivity contribution in [3.63, 3.8) is 0 Å². The van der Waals surface area contributed by atoms with Gasteiger partial charge in [-0.15, -0.1) is 11.3 Å². The summed E-state index contributed by atoms with van der Waals surface area (Å²) < 4.78 is 14.1. The first-order valence-corrected chi connectivity index (χ1v) is 6.87. The van der Waals surface area contributed by atoms with Gasteiger partial charge in [-0.2, -0.15) is 0 Å². The smallest absolute Gasteiger partial charge is 0.124 e. The van der Waals surface area contributed by atoms with Crippen molar-refractivity contribution < 1.29 is 4.39 Å². The van der Waals surface area contributed by atoms with Crippen LogP contribution in [0.4, 0.5) is 4.39 Å². The van der Waals surface area contributed by atoms with Gasteiger partial charge in [-0.05, 0) is 30.8 Å². The zero-order valence-corrected chi connectivity index (χ0v) is 11.7. The summed E-state index contributed by atoms with van der Waals surface area (Å²) in [6, 6.07) is 5.06. The number of nitrogens with one attached hydrogen (secondary N) is 1. The van der Waals surface area contributed by atoms with Crippen molar-refractivity contribution in [2.45, 2.75) is 12.5 Å². The summed E-state index contributed by atoms with van der Waals surface area (Å²) in [4.78, 5) is 5.23. The van der Waals surface area contributed by atoms with Crippen LogP contribution in [0.1, 0.15) is 16.5 Å². The van der Waals surface area contributed by atoms with Crippen molar-refractivity contribution in [3.8, 4) is 0 Å². The molecule has 1 heterocycles. The molecule has 17 heavy (non-hydrogen) atoms. The predicted octanol–water partition coefficient (Wildman–Crippen LogP) is 3.55. The third-order valence-electron chi connectivity index (χ3n) is 2.52. The average Bonchev–Trinajstić information content (AvgIpc) is 2.77. The number of likely N-dealkylation sites (N-methyl/N-ethyl adjacent to an activating group) is 1. The molecule has 2 nitrogen and oxygen atoms in total. The Morgan fingerprint density at radius 2 is 2.29 bits per heavy atom. The van der Waals surface area contributed by atoms with E-state index < -0.39 is 0 Å². The van der Waals surface area contributed by atoms with Crippen LogP contribution in [0.15, 0.2) is 34.4 Å². The molecule has 0 aliphatic heterocycles. The van der Waals surface area contributed by atoms with Crippen molar-refractivity contribution in [2.24, 2.45) is 0 Å². The maximum absolute atomic E-state index is 13.3. The SMILES string of the molecule is CNC(Cc1cncs1)c1cc(F)cc(Br)c1. The Labute approximate surface area is 112 Å². The fourth-order valence-corrected chi connectivity index (χ4v) is 2.83. The van der Waals surface area contributed by atoms with Crippen molar-refractivity contribution in [1.29, 1.82) is 0 Å². The van der Waals surface area contributed by atoms with E-state index in [0.29, 0.717) is 0 Å². The van der Waals surface area contributed by atoms with Gasteiger partial charge >= 0.3 is 0 Å². The minimum absolute atomic E-state index is 0.0995. The Kier molecular flexibility index (Phi) is 4.25. The lowest BCUT2D eigenvalue weighted by Crippen LogP contribution is -2.18. The monoisotopic (exact) mass is 314 g/mol. The van der Waals surface area contributed by atoms with Crippen molar-refractivity contribution in [2.75, 3.05) is 7.05 Å². The van der Waals surface area contributed by atoms with Gasteiger partial charge in [0.05, 0.1) is 5.51 Å². The molecule has 0 saturated heterocycles. The van der Waals surface area contributed by atoms with Crippen molar-refractivity contribution in [1.82, 2.24) is 10.3 Å². The maximum atomic E-state index is 13.3. The van der Waals surface area contributed by atoms with E-state index in [2.05, 4.69) is 26.2 Å². The highest BCUT2D eigenvalue weighted by Gasteiger charge is 2.12. The Bertz CT molecular complexity index is 467. The van der Waals surface area contributed by atoms with Crippen LogP contribution in [-0.2, 0) is 6.42 Å². The summed E-state index contributed by atoms with van der Waals surface area (Å²) in [6.07, 6.45) is 2.67. The molecule has 0 saturated carbocycles. The summed E-state index contributed by atoms with van der Waals surface area (Å²) in [6.45, 7) is 0. The standard InChI is InChI=1S/C12H12BrFN2S/c1-15-12(5-11-6-16-7-17-11)8-2-9(13)4-10(14)3-8/h2-4,6-7,12,15H,5H2,1H3. The fourth-order valence-electron chi connectivity index (χ4n) is 1.71. The first kappa shape index (κ1) is 12.7. The topological polar surface area (TPSA) is 24.9 Å². The normalized spacial score (nSPS) is 12.6. The molecular weight excluding hydrogens is 303 g/mol. The highest BCUT2D eigenvalue weighted by molar-refractivity contribution is 9.10. The van der Waals surface area contributed by atoms with Crippen LogP contribution in [-0.4, -0.2) is 12.0 Å². The van der Waals surface area contributed by atoms with E-state index in [1.165, 1.54) is 10.9 Å². The van der Waals surface area contributed by atoms with E-state index in [1.54, 1.807) is 17.4 Å². The number of benzene rings is 1.